The first-order chi connectivity index (χ1) is 14.9. The molecule has 2 N–H and O–H groups in total. The van der Waals surface area contributed by atoms with Gasteiger partial charge in [-0.2, -0.15) is 0 Å². The summed E-state index contributed by atoms with van der Waals surface area (Å²) in [7, 11) is 3.25. The van der Waals surface area contributed by atoms with Crippen molar-refractivity contribution in [2.45, 2.75) is 38.6 Å². The van der Waals surface area contributed by atoms with Crippen LogP contribution in [-0.4, -0.2) is 39.7 Å². The van der Waals surface area contributed by atoms with Crippen LogP contribution in [-0.2, 0) is 11.3 Å². The van der Waals surface area contributed by atoms with E-state index in [0.29, 0.717) is 29.8 Å². The van der Waals surface area contributed by atoms with Crippen LogP contribution in [0.4, 0.5) is 5.82 Å². The summed E-state index contributed by atoms with van der Waals surface area (Å²) in [6.07, 6.45) is 5.61. The number of rotatable bonds is 7. The first kappa shape index (κ1) is 21.4. The Morgan fingerprint density at radius 1 is 1.39 bits per heavy atom. The Morgan fingerprint density at radius 2 is 2.19 bits per heavy atom. The van der Waals surface area contributed by atoms with E-state index in [1.165, 1.54) is 0 Å². The van der Waals surface area contributed by atoms with Crippen molar-refractivity contribution in [3.8, 4) is 11.5 Å². The van der Waals surface area contributed by atoms with Crippen LogP contribution in [0.3, 0.4) is 0 Å². The van der Waals surface area contributed by atoms with Gasteiger partial charge >= 0.3 is 5.97 Å². The van der Waals surface area contributed by atoms with E-state index >= 15 is 0 Å². The number of carboxylic acids is 1. The van der Waals surface area contributed by atoms with E-state index in [4.69, 9.17) is 14.5 Å². The van der Waals surface area contributed by atoms with Gasteiger partial charge in [-0.25, -0.2) is 9.97 Å². The van der Waals surface area contributed by atoms with Crippen molar-refractivity contribution in [2.24, 2.45) is 5.41 Å². The normalized spacial score (nSPS) is 20.7. The number of nitrogens with zero attached hydrogens (tertiary/aromatic N) is 3. The Kier molecular flexibility index (Phi) is 5.79. The van der Waals surface area contributed by atoms with Crippen molar-refractivity contribution in [2.75, 3.05) is 19.5 Å². The van der Waals surface area contributed by atoms with Crippen molar-refractivity contribution in [3.05, 3.63) is 46.6 Å². The molecule has 1 fully saturated rings. The second kappa shape index (κ2) is 8.37. The third-order valence-corrected chi connectivity index (χ3v) is 6.66. The van der Waals surface area contributed by atoms with Crippen LogP contribution >= 0.6 is 15.9 Å². The summed E-state index contributed by atoms with van der Waals surface area (Å²) in [6, 6.07) is 5.68. The molecule has 2 aromatic heterocycles. The number of carboxylic acid groups (broad SMARTS) is 1. The highest BCUT2D eigenvalue weighted by atomic mass is 79.9. The van der Waals surface area contributed by atoms with Crippen LogP contribution in [0.5, 0.6) is 11.5 Å². The van der Waals surface area contributed by atoms with Gasteiger partial charge in [0.15, 0.2) is 5.82 Å². The lowest BCUT2D eigenvalue weighted by Gasteiger charge is -2.17. The summed E-state index contributed by atoms with van der Waals surface area (Å²) >= 11 is 3.58. The standard InChI is InChI=1S/C22H25BrN4O4/c1-22(21(28)29)7-6-13(11-22)20-26-18(23)17-19(24-8-9-27(17)20)25-12-14-4-5-15(30-2)10-16(14)31-3/h4-5,8-10,13H,6-7,11-12H2,1-3H3,(H,24,25)(H,28,29)/t13-,22+/m0/s1. The van der Waals surface area contributed by atoms with E-state index in [9.17, 15) is 9.90 Å². The van der Waals surface area contributed by atoms with Crippen molar-refractivity contribution >= 4 is 33.2 Å². The fraction of sp³-hybridized carbons (Fsp3) is 0.409. The van der Waals surface area contributed by atoms with Gasteiger partial charge < -0.3 is 19.9 Å². The second-order valence-electron chi connectivity index (χ2n) is 8.09. The minimum atomic E-state index is -0.743. The van der Waals surface area contributed by atoms with Gasteiger partial charge in [0.1, 0.15) is 27.4 Å². The minimum absolute atomic E-state index is 0.0804. The number of fused-ring (bicyclic) bond motifs is 1. The Morgan fingerprint density at radius 3 is 2.87 bits per heavy atom. The molecule has 3 aromatic rings. The number of methoxy groups -OCH3 is 2. The fourth-order valence-corrected chi connectivity index (χ4v) is 4.83. The molecule has 1 aromatic carbocycles. The molecule has 0 saturated heterocycles. The molecule has 31 heavy (non-hydrogen) atoms. The largest absolute Gasteiger partial charge is 0.497 e. The molecular weight excluding hydrogens is 464 g/mol. The number of imidazole rings is 1. The zero-order valence-corrected chi connectivity index (χ0v) is 19.3. The number of anilines is 1. The van der Waals surface area contributed by atoms with Crippen molar-refractivity contribution < 1.29 is 19.4 Å². The molecule has 2 heterocycles. The Bertz CT molecular complexity index is 1130. The number of hydrogen-bond donors (Lipinski definition) is 2. The lowest BCUT2D eigenvalue weighted by atomic mass is 9.88. The SMILES string of the molecule is COc1ccc(CNc2nccn3c([C@H]4CC[C@@](C)(C(=O)O)C4)nc(Br)c23)c(OC)c1. The quantitative estimate of drug-likeness (QED) is 0.505. The molecule has 4 rings (SSSR count). The summed E-state index contributed by atoms with van der Waals surface area (Å²) in [6.45, 7) is 2.32. The maximum atomic E-state index is 11.7. The van der Waals surface area contributed by atoms with Gasteiger partial charge in [-0.15, -0.1) is 0 Å². The van der Waals surface area contributed by atoms with Crippen LogP contribution in [0.15, 0.2) is 35.2 Å². The van der Waals surface area contributed by atoms with Crippen molar-refractivity contribution in [1.29, 1.82) is 0 Å². The molecule has 0 radical (unpaired) electrons. The van der Waals surface area contributed by atoms with Crippen LogP contribution in [0, 0.1) is 5.41 Å². The highest BCUT2D eigenvalue weighted by molar-refractivity contribution is 9.10. The second-order valence-corrected chi connectivity index (χ2v) is 8.84. The predicted octanol–water partition coefficient (Wildman–Crippen LogP) is 4.48. The third-order valence-electron chi connectivity index (χ3n) is 6.10. The minimum Gasteiger partial charge on any atom is -0.497 e. The number of halogens is 1. The molecule has 1 saturated carbocycles. The van der Waals surface area contributed by atoms with Gasteiger partial charge in [0.2, 0.25) is 0 Å². The lowest BCUT2D eigenvalue weighted by Crippen LogP contribution is -2.24. The highest BCUT2D eigenvalue weighted by Gasteiger charge is 2.43. The summed E-state index contributed by atoms with van der Waals surface area (Å²) in [5, 5.41) is 13.0. The maximum absolute atomic E-state index is 11.7. The molecule has 0 spiro atoms. The number of hydrogen-bond acceptors (Lipinski definition) is 6. The molecule has 0 bridgehead atoms. The highest BCUT2D eigenvalue weighted by Crippen LogP contribution is 2.47. The maximum Gasteiger partial charge on any atom is 0.309 e. The molecule has 1 aliphatic carbocycles. The molecule has 1 aliphatic rings. The zero-order valence-electron chi connectivity index (χ0n) is 17.7. The number of ether oxygens (including phenoxy) is 2. The predicted molar refractivity (Wildman–Crippen MR) is 120 cm³/mol. The lowest BCUT2D eigenvalue weighted by molar-refractivity contribution is -0.147. The molecule has 9 heteroatoms. The molecule has 0 unspecified atom stereocenters. The fourth-order valence-electron chi connectivity index (χ4n) is 4.27. The van der Waals surface area contributed by atoms with Crippen LogP contribution in [0.2, 0.25) is 0 Å². The van der Waals surface area contributed by atoms with Gasteiger partial charge in [0.25, 0.3) is 0 Å². The molecule has 8 nitrogen and oxygen atoms in total. The van der Waals surface area contributed by atoms with Crippen LogP contribution in [0.1, 0.15) is 43.5 Å². The summed E-state index contributed by atoms with van der Waals surface area (Å²) in [5.41, 5.74) is 1.09. The Labute approximate surface area is 188 Å². The van der Waals surface area contributed by atoms with E-state index in [1.54, 1.807) is 20.4 Å². The summed E-state index contributed by atoms with van der Waals surface area (Å²) in [4.78, 5) is 20.9. The van der Waals surface area contributed by atoms with Gasteiger partial charge in [0, 0.05) is 36.5 Å². The number of aromatic nitrogens is 3. The molecule has 164 valence electrons. The van der Waals surface area contributed by atoms with Crippen LogP contribution in [0.25, 0.3) is 5.52 Å². The zero-order chi connectivity index (χ0) is 22.2. The smallest absolute Gasteiger partial charge is 0.309 e. The average molecular weight is 489 g/mol. The Balaban J connectivity index is 1.62. The number of carbonyl (C=O) groups is 1. The number of nitrogens with one attached hydrogen (secondary N) is 1. The van der Waals surface area contributed by atoms with E-state index < -0.39 is 11.4 Å². The number of aliphatic carboxylic acids is 1. The van der Waals surface area contributed by atoms with E-state index in [0.717, 1.165) is 34.8 Å². The monoisotopic (exact) mass is 488 g/mol. The van der Waals surface area contributed by atoms with Gasteiger partial charge in [0.05, 0.1) is 19.6 Å². The van der Waals surface area contributed by atoms with E-state index in [-0.39, 0.29) is 5.92 Å². The molecule has 2 atom stereocenters. The van der Waals surface area contributed by atoms with Gasteiger partial charge in [-0.3, -0.25) is 9.20 Å². The van der Waals surface area contributed by atoms with Crippen molar-refractivity contribution in [3.63, 3.8) is 0 Å². The summed E-state index contributed by atoms with van der Waals surface area (Å²) in [5.74, 6) is 2.34. The Hall–Kier alpha value is -2.81. The first-order valence-electron chi connectivity index (χ1n) is 10.1. The third kappa shape index (κ3) is 3.94. The van der Waals surface area contributed by atoms with E-state index in [1.807, 2.05) is 35.7 Å². The number of benzene rings is 1. The van der Waals surface area contributed by atoms with Crippen LogP contribution < -0.4 is 14.8 Å². The van der Waals surface area contributed by atoms with Crippen molar-refractivity contribution in [1.82, 2.24) is 14.4 Å². The van der Waals surface area contributed by atoms with E-state index in [2.05, 4.69) is 26.2 Å². The average Bonchev–Trinajstić information content (AvgIpc) is 3.33. The molecule has 0 amide bonds. The van der Waals surface area contributed by atoms with Gasteiger partial charge in [-0.1, -0.05) is 0 Å². The first-order valence-corrected chi connectivity index (χ1v) is 10.9. The molecule has 0 aliphatic heterocycles. The molecular formula is C22H25BrN4O4. The van der Waals surface area contributed by atoms with Gasteiger partial charge in [-0.05, 0) is 54.2 Å². The topological polar surface area (TPSA) is 98.0 Å². The summed E-state index contributed by atoms with van der Waals surface area (Å²) < 4.78 is 13.4.